The van der Waals surface area contributed by atoms with Gasteiger partial charge in [-0.05, 0) is 58.8 Å². The third kappa shape index (κ3) is 3.69. The number of halogens is 3. The zero-order valence-electron chi connectivity index (χ0n) is 10.5. The van der Waals surface area contributed by atoms with Crippen molar-refractivity contribution in [3.8, 4) is 0 Å². The number of nitrogens with one attached hydrogen (secondary N) is 1. The molecule has 1 aromatic rings. The third-order valence-corrected chi connectivity index (χ3v) is 4.77. The third-order valence-electron chi connectivity index (χ3n) is 3.72. The molecular formula is C14H16BrClFNO. The minimum Gasteiger partial charge on any atom is -0.352 e. The summed E-state index contributed by atoms with van der Waals surface area (Å²) in [5, 5.41) is 2.92. The second kappa shape index (κ2) is 6.71. The predicted molar refractivity (Wildman–Crippen MR) is 78.0 cm³/mol. The summed E-state index contributed by atoms with van der Waals surface area (Å²) in [6, 6.07) is 4.07. The first-order chi connectivity index (χ1) is 9.11. The lowest BCUT2D eigenvalue weighted by atomic mass is 9.98. The van der Waals surface area contributed by atoms with Crippen LogP contribution in [0.2, 0.25) is 0 Å². The maximum atomic E-state index is 13.0. The van der Waals surface area contributed by atoms with Crippen molar-refractivity contribution in [2.75, 3.05) is 12.4 Å². The van der Waals surface area contributed by atoms with Gasteiger partial charge in [-0.3, -0.25) is 4.79 Å². The molecule has 0 radical (unpaired) electrons. The van der Waals surface area contributed by atoms with Crippen molar-refractivity contribution in [3.05, 3.63) is 34.1 Å². The Bertz CT molecular complexity index is 469. The topological polar surface area (TPSA) is 29.1 Å². The molecule has 1 amide bonds. The number of carbonyl (C=O) groups is 1. The molecule has 2 unspecified atom stereocenters. The summed E-state index contributed by atoms with van der Waals surface area (Å²) < 4.78 is 13.4. The smallest absolute Gasteiger partial charge is 0.252 e. The van der Waals surface area contributed by atoms with E-state index in [4.69, 9.17) is 11.6 Å². The second-order valence-corrected chi connectivity index (χ2v) is 6.10. The van der Waals surface area contributed by atoms with Gasteiger partial charge in [0.15, 0.2) is 0 Å². The summed E-state index contributed by atoms with van der Waals surface area (Å²) in [5.41, 5.74) is 0.460. The van der Waals surface area contributed by atoms with Crippen molar-refractivity contribution in [1.29, 1.82) is 0 Å². The lowest BCUT2D eigenvalue weighted by Gasteiger charge is -2.17. The van der Waals surface area contributed by atoms with E-state index in [9.17, 15) is 9.18 Å². The molecule has 2 nitrogen and oxygen atoms in total. The van der Waals surface area contributed by atoms with Crippen LogP contribution >= 0.6 is 27.5 Å². The van der Waals surface area contributed by atoms with E-state index in [-0.39, 0.29) is 11.7 Å². The molecular weight excluding hydrogens is 333 g/mol. The Hall–Kier alpha value is -0.610. The maximum Gasteiger partial charge on any atom is 0.252 e. The van der Waals surface area contributed by atoms with Crippen LogP contribution in [-0.4, -0.2) is 18.3 Å². The van der Waals surface area contributed by atoms with Crippen LogP contribution in [0.3, 0.4) is 0 Å². The number of alkyl halides is 1. The molecule has 1 saturated carbocycles. The van der Waals surface area contributed by atoms with E-state index in [0.717, 1.165) is 12.8 Å². The van der Waals surface area contributed by atoms with Crippen LogP contribution < -0.4 is 5.32 Å². The van der Waals surface area contributed by atoms with Gasteiger partial charge in [0.25, 0.3) is 5.91 Å². The molecule has 2 atom stereocenters. The first kappa shape index (κ1) is 14.8. The summed E-state index contributed by atoms with van der Waals surface area (Å²) in [6.07, 6.45) is 3.44. The van der Waals surface area contributed by atoms with Crippen LogP contribution in [0, 0.1) is 17.7 Å². The normalized spacial score (nSPS) is 22.5. The summed E-state index contributed by atoms with van der Waals surface area (Å²) in [4.78, 5) is 12.0. The average Bonchev–Trinajstić information content (AvgIpc) is 2.83. The highest BCUT2D eigenvalue weighted by Crippen LogP contribution is 2.32. The number of rotatable bonds is 4. The van der Waals surface area contributed by atoms with Gasteiger partial charge in [0.1, 0.15) is 5.82 Å². The Morgan fingerprint density at radius 3 is 2.84 bits per heavy atom. The van der Waals surface area contributed by atoms with E-state index in [2.05, 4.69) is 21.2 Å². The van der Waals surface area contributed by atoms with Gasteiger partial charge in [-0.15, -0.1) is 11.6 Å². The van der Waals surface area contributed by atoms with Gasteiger partial charge in [-0.25, -0.2) is 4.39 Å². The fourth-order valence-electron chi connectivity index (χ4n) is 2.58. The minimum absolute atomic E-state index is 0.174. The summed E-state index contributed by atoms with van der Waals surface area (Å²) in [7, 11) is 0. The molecule has 19 heavy (non-hydrogen) atoms. The van der Waals surface area contributed by atoms with Crippen molar-refractivity contribution in [2.24, 2.45) is 11.8 Å². The second-order valence-electron chi connectivity index (χ2n) is 4.94. The van der Waals surface area contributed by atoms with E-state index in [1.807, 2.05) is 0 Å². The Kier molecular flexibility index (Phi) is 5.22. The fraction of sp³-hybridized carbons (Fsp3) is 0.500. The van der Waals surface area contributed by atoms with Gasteiger partial charge in [0.2, 0.25) is 0 Å². The van der Waals surface area contributed by atoms with Crippen LogP contribution in [0.4, 0.5) is 4.39 Å². The van der Waals surface area contributed by atoms with Crippen molar-refractivity contribution >= 4 is 33.4 Å². The van der Waals surface area contributed by atoms with Gasteiger partial charge < -0.3 is 5.32 Å². The highest BCUT2D eigenvalue weighted by atomic mass is 79.9. The molecule has 0 bridgehead atoms. The Balaban J connectivity index is 1.94. The van der Waals surface area contributed by atoms with E-state index >= 15 is 0 Å². The maximum absolute atomic E-state index is 13.0. The minimum atomic E-state index is -0.360. The van der Waals surface area contributed by atoms with E-state index in [1.165, 1.54) is 24.6 Å². The number of benzene rings is 1. The molecule has 5 heteroatoms. The lowest BCUT2D eigenvalue weighted by molar-refractivity contribution is 0.0944. The first-order valence-electron chi connectivity index (χ1n) is 6.41. The molecule has 104 valence electrons. The zero-order chi connectivity index (χ0) is 13.8. The summed E-state index contributed by atoms with van der Waals surface area (Å²) in [5.74, 6) is 1.08. The first-order valence-corrected chi connectivity index (χ1v) is 7.73. The Labute approximate surface area is 125 Å². The predicted octanol–water partition coefficient (Wildman–Crippen LogP) is 3.97. The molecule has 1 aliphatic carbocycles. The van der Waals surface area contributed by atoms with E-state index < -0.39 is 0 Å². The number of hydrogen-bond acceptors (Lipinski definition) is 1. The lowest BCUT2D eigenvalue weighted by Crippen LogP contribution is -2.31. The molecule has 1 aromatic carbocycles. The average molecular weight is 349 g/mol. The molecule has 2 rings (SSSR count). The van der Waals surface area contributed by atoms with Crippen LogP contribution in [-0.2, 0) is 0 Å². The van der Waals surface area contributed by atoms with Crippen LogP contribution in [0.5, 0.6) is 0 Å². The molecule has 0 heterocycles. The fourth-order valence-corrected chi connectivity index (χ4v) is 3.52. The molecule has 0 aromatic heterocycles. The van der Waals surface area contributed by atoms with Gasteiger partial charge in [-0.2, -0.15) is 0 Å². The summed E-state index contributed by atoms with van der Waals surface area (Å²) in [6.45, 7) is 0.639. The number of amides is 1. The molecule has 1 fully saturated rings. The SMILES string of the molecule is O=C(NCC1CCCC1CCl)c1ccc(F)cc1Br. The molecule has 0 aliphatic heterocycles. The highest BCUT2D eigenvalue weighted by Gasteiger charge is 2.26. The van der Waals surface area contributed by atoms with E-state index in [0.29, 0.717) is 34.3 Å². The monoisotopic (exact) mass is 347 g/mol. The van der Waals surface area contributed by atoms with Crippen molar-refractivity contribution in [3.63, 3.8) is 0 Å². The van der Waals surface area contributed by atoms with Crippen molar-refractivity contribution in [1.82, 2.24) is 5.32 Å². The van der Waals surface area contributed by atoms with Crippen molar-refractivity contribution in [2.45, 2.75) is 19.3 Å². The number of hydrogen-bond donors (Lipinski definition) is 1. The molecule has 1 N–H and O–H groups in total. The quantitative estimate of drug-likeness (QED) is 0.820. The van der Waals surface area contributed by atoms with Crippen LogP contribution in [0.1, 0.15) is 29.6 Å². The van der Waals surface area contributed by atoms with Gasteiger partial charge in [-0.1, -0.05) is 6.42 Å². The van der Waals surface area contributed by atoms with Gasteiger partial charge in [0.05, 0.1) is 5.56 Å². The number of carbonyl (C=O) groups excluding carboxylic acids is 1. The zero-order valence-corrected chi connectivity index (χ0v) is 12.8. The molecule has 1 aliphatic rings. The van der Waals surface area contributed by atoms with E-state index in [1.54, 1.807) is 0 Å². The largest absolute Gasteiger partial charge is 0.352 e. The summed E-state index contributed by atoms with van der Waals surface area (Å²) >= 11 is 9.12. The standard InChI is InChI=1S/C14H16BrClFNO/c15-13-6-11(17)4-5-12(13)14(19)18-8-10-3-1-2-9(10)7-16/h4-6,9-10H,1-3,7-8H2,(H,18,19). The van der Waals surface area contributed by atoms with Crippen LogP contribution in [0.25, 0.3) is 0 Å². The Morgan fingerprint density at radius 2 is 2.16 bits per heavy atom. The van der Waals surface area contributed by atoms with Gasteiger partial charge >= 0.3 is 0 Å². The van der Waals surface area contributed by atoms with Crippen molar-refractivity contribution < 1.29 is 9.18 Å². The van der Waals surface area contributed by atoms with Gasteiger partial charge in [0, 0.05) is 16.9 Å². The molecule has 0 spiro atoms. The van der Waals surface area contributed by atoms with Crippen LogP contribution in [0.15, 0.2) is 22.7 Å². The highest BCUT2D eigenvalue weighted by molar-refractivity contribution is 9.10. The Morgan fingerprint density at radius 1 is 1.42 bits per heavy atom. The molecule has 0 saturated heterocycles.